The standard InChI is InChI=1S/C20H21ClN2/c1-15-17(14-22(2)3)13-20(16-9-11-18(21)12-10-16)23(15)19-7-5-4-6-8-19/h4-13H,14H2,1-3H3. The summed E-state index contributed by atoms with van der Waals surface area (Å²) < 4.78 is 2.32. The van der Waals surface area contributed by atoms with Gasteiger partial charge in [0.15, 0.2) is 0 Å². The van der Waals surface area contributed by atoms with Crippen LogP contribution < -0.4 is 0 Å². The van der Waals surface area contributed by atoms with Crippen LogP contribution in [0, 0.1) is 6.92 Å². The molecule has 0 fully saturated rings. The SMILES string of the molecule is Cc1c(CN(C)C)cc(-c2ccc(Cl)cc2)n1-c1ccccc1. The molecule has 0 aliphatic heterocycles. The first-order valence-electron chi connectivity index (χ1n) is 7.73. The van der Waals surface area contributed by atoms with Crippen LogP contribution in [0.2, 0.25) is 5.02 Å². The van der Waals surface area contributed by atoms with Crippen molar-refractivity contribution in [1.29, 1.82) is 0 Å². The van der Waals surface area contributed by atoms with Gasteiger partial charge in [0.25, 0.3) is 0 Å². The Morgan fingerprint density at radius 3 is 2.22 bits per heavy atom. The van der Waals surface area contributed by atoms with Crippen molar-refractivity contribution in [1.82, 2.24) is 9.47 Å². The first-order valence-corrected chi connectivity index (χ1v) is 8.11. The van der Waals surface area contributed by atoms with Crippen LogP contribution in [0.5, 0.6) is 0 Å². The van der Waals surface area contributed by atoms with Crippen molar-refractivity contribution < 1.29 is 0 Å². The largest absolute Gasteiger partial charge is 0.314 e. The van der Waals surface area contributed by atoms with Gasteiger partial charge in [-0.15, -0.1) is 0 Å². The maximum atomic E-state index is 6.05. The Labute approximate surface area is 142 Å². The Hall–Kier alpha value is -2.03. The maximum Gasteiger partial charge on any atom is 0.0534 e. The van der Waals surface area contributed by atoms with E-state index in [0.717, 1.165) is 11.6 Å². The molecule has 0 amide bonds. The number of aromatic nitrogens is 1. The number of nitrogens with zero attached hydrogens (tertiary/aromatic N) is 2. The molecular weight excluding hydrogens is 304 g/mol. The normalized spacial score (nSPS) is 11.2. The molecule has 3 aromatic rings. The number of halogens is 1. The Bertz CT molecular complexity index is 787. The molecule has 0 saturated heterocycles. The molecule has 0 saturated carbocycles. The molecule has 1 heterocycles. The van der Waals surface area contributed by atoms with Gasteiger partial charge in [0.1, 0.15) is 0 Å². The van der Waals surface area contributed by atoms with E-state index < -0.39 is 0 Å². The van der Waals surface area contributed by atoms with Gasteiger partial charge in [0.05, 0.1) is 5.69 Å². The number of hydrogen-bond donors (Lipinski definition) is 0. The van der Waals surface area contributed by atoms with Crippen LogP contribution in [0.3, 0.4) is 0 Å². The predicted octanol–water partition coefficient (Wildman–Crippen LogP) is 5.17. The molecule has 0 aliphatic carbocycles. The minimum absolute atomic E-state index is 0.761. The number of para-hydroxylation sites is 1. The summed E-state index contributed by atoms with van der Waals surface area (Å²) in [4.78, 5) is 2.20. The Balaban J connectivity index is 2.19. The second kappa shape index (κ2) is 6.61. The van der Waals surface area contributed by atoms with Gasteiger partial charge < -0.3 is 9.47 Å². The molecule has 3 rings (SSSR count). The zero-order valence-corrected chi connectivity index (χ0v) is 14.5. The molecule has 0 radical (unpaired) electrons. The van der Waals surface area contributed by atoms with E-state index in [1.54, 1.807) is 0 Å². The Morgan fingerprint density at radius 1 is 0.957 bits per heavy atom. The molecule has 0 N–H and O–H groups in total. The van der Waals surface area contributed by atoms with Gasteiger partial charge in [-0.2, -0.15) is 0 Å². The van der Waals surface area contributed by atoms with E-state index in [2.05, 4.69) is 73.0 Å². The minimum Gasteiger partial charge on any atom is -0.314 e. The fourth-order valence-corrected chi connectivity index (χ4v) is 3.03. The highest BCUT2D eigenvalue weighted by Gasteiger charge is 2.15. The van der Waals surface area contributed by atoms with Gasteiger partial charge in [-0.25, -0.2) is 0 Å². The summed E-state index contributed by atoms with van der Waals surface area (Å²) in [5, 5.41) is 0.761. The molecule has 0 atom stereocenters. The van der Waals surface area contributed by atoms with Crippen molar-refractivity contribution in [3.8, 4) is 16.9 Å². The quantitative estimate of drug-likeness (QED) is 0.643. The molecule has 1 aromatic heterocycles. The van der Waals surface area contributed by atoms with Crippen LogP contribution in [-0.4, -0.2) is 23.6 Å². The summed E-state index contributed by atoms with van der Waals surface area (Å²) in [5.41, 5.74) is 6.16. The zero-order chi connectivity index (χ0) is 16.4. The van der Waals surface area contributed by atoms with E-state index in [-0.39, 0.29) is 0 Å². The lowest BCUT2D eigenvalue weighted by Gasteiger charge is -2.13. The lowest BCUT2D eigenvalue weighted by molar-refractivity contribution is 0.401. The number of benzene rings is 2. The van der Waals surface area contributed by atoms with E-state index in [1.807, 2.05) is 18.2 Å². The summed E-state index contributed by atoms with van der Waals surface area (Å²) in [6.45, 7) is 3.11. The summed E-state index contributed by atoms with van der Waals surface area (Å²) in [6.07, 6.45) is 0. The molecule has 2 nitrogen and oxygen atoms in total. The smallest absolute Gasteiger partial charge is 0.0534 e. The van der Waals surface area contributed by atoms with Crippen LogP contribution in [0.1, 0.15) is 11.3 Å². The van der Waals surface area contributed by atoms with E-state index in [9.17, 15) is 0 Å². The fourth-order valence-electron chi connectivity index (χ4n) is 2.90. The third-order valence-corrected chi connectivity index (χ3v) is 4.24. The summed E-state index contributed by atoms with van der Waals surface area (Å²) >= 11 is 6.05. The molecule has 23 heavy (non-hydrogen) atoms. The van der Waals surface area contributed by atoms with Crippen molar-refractivity contribution in [2.45, 2.75) is 13.5 Å². The second-order valence-electron chi connectivity index (χ2n) is 6.06. The maximum absolute atomic E-state index is 6.05. The van der Waals surface area contributed by atoms with Crippen LogP contribution in [0.4, 0.5) is 0 Å². The van der Waals surface area contributed by atoms with Crippen molar-refractivity contribution in [3.63, 3.8) is 0 Å². The van der Waals surface area contributed by atoms with Crippen LogP contribution in [-0.2, 0) is 6.54 Å². The van der Waals surface area contributed by atoms with Crippen LogP contribution >= 0.6 is 11.6 Å². The second-order valence-corrected chi connectivity index (χ2v) is 6.49. The number of hydrogen-bond acceptors (Lipinski definition) is 1. The van der Waals surface area contributed by atoms with Crippen LogP contribution in [0.25, 0.3) is 16.9 Å². The van der Waals surface area contributed by atoms with E-state index >= 15 is 0 Å². The van der Waals surface area contributed by atoms with E-state index in [0.29, 0.717) is 0 Å². The van der Waals surface area contributed by atoms with Crippen molar-refractivity contribution in [3.05, 3.63) is 76.9 Å². The third kappa shape index (κ3) is 3.34. The molecule has 0 aliphatic rings. The molecule has 118 valence electrons. The molecule has 0 bridgehead atoms. The highest BCUT2D eigenvalue weighted by atomic mass is 35.5. The zero-order valence-electron chi connectivity index (χ0n) is 13.8. The predicted molar refractivity (Wildman–Crippen MR) is 98.3 cm³/mol. The highest BCUT2D eigenvalue weighted by molar-refractivity contribution is 6.30. The molecule has 3 heteroatoms. The van der Waals surface area contributed by atoms with Gasteiger partial charge in [-0.3, -0.25) is 0 Å². The highest BCUT2D eigenvalue weighted by Crippen LogP contribution is 2.30. The lowest BCUT2D eigenvalue weighted by Crippen LogP contribution is -2.11. The minimum atomic E-state index is 0.761. The van der Waals surface area contributed by atoms with Crippen molar-refractivity contribution >= 4 is 11.6 Å². The molecule has 0 spiro atoms. The van der Waals surface area contributed by atoms with Crippen molar-refractivity contribution in [2.75, 3.05) is 14.1 Å². The number of rotatable bonds is 4. The first-order chi connectivity index (χ1) is 11.1. The summed E-state index contributed by atoms with van der Waals surface area (Å²) in [6, 6.07) is 20.8. The van der Waals surface area contributed by atoms with Gasteiger partial charge in [0, 0.05) is 22.9 Å². The van der Waals surface area contributed by atoms with Gasteiger partial charge >= 0.3 is 0 Å². The Kier molecular flexibility index (Phi) is 4.56. The van der Waals surface area contributed by atoms with E-state index in [4.69, 9.17) is 11.6 Å². The van der Waals surface area contributed by atoms with E-state index in [1.165, 1.54) is 28.2 Å². The summed E-state index contributed by atoms with van der Waals surface area (Å²) in [5.74, 6) is 0. The van der Waals surface area contributed by atoms with Crippen molar-refractivity contribution in [2.24, 2.45) is 0 Å². The molecule has 2 aromatic carbocycles. The van der Waals surface area contributed by atoms with Gasteiger partial charge in [0.2, 0.25) is 0 Å². The Morgan fingerprint density at radius 2 is 1.61 bits per heavy atom. The monoisotopic (exact) mass is 324 g/mol. The topological polar surface area (TPSA) is 8.17 Å². The van der Waals surface area contributed by atoms with Crippen LogP contribution in [0.15, 0.2) is 60.7 Å². The average Bonchev–Trinajstić information content (AvgIpc) is 2.85. The first kappa shape index (κ1) is 15.9. The average molecular weight is 325 g/mol. The summed E-state index contributed by atoms with van der Waals surface area (Å²) in [7, 11) is 4.20. The molecular formula is C20H21ClN2. The van der Waals surface area contributed by atoms with Gasteiger partial charge in [-0.1, -0.05) is 41.9 Å². The fraction of sp³-hybridized carbons (Fsp3) is 0.200. The molecule has 0 unspecified atom stereocenters. The third-order valence-electron chi connectivity index (χ3n) is 3.99. The lowest BCUT2D eigenvalue weighted by atomic mass is 10.1. The van der Waals surface area contributed by atoms with Gasteiger partial charge in [-0.05, 0) is 62.5 Å².